The van der Waals surface area contributed by atoms with Crippen LogP contribution in [-0.4, -0.2) is 34.3 Å². The van der Waals surface area contributed by atoms with Gasteiger partial charge in [-0.15, -0.1) is 0 Å². The molecule has 0 N–H and O–H groups in total. The number of rotatable bonds is 3. The first-order valence-electron chi connectivity index (χ1n) is 7.97. The molecule has 0 fully saturated rings. The Labute approximate surface area is 127 Å². The normalized spacial score (nSPS) is 16.0. The lowest BCUT2D eigenvalue weighted by molar-refractivity contribution is 0.254. The highest BCUT2D eigenvalue weighted by atomic mass is 15.3. The molecule has 2 aromatic rings. The molecule has 3 nitrogen and oxygen atoms in total. The van der Waals surface area contributed by atoms with E-state index in [1.54, 1.807) is 0 Å². The Hall–Kier alpha value is -1.61. The fourth-order valence-electron chi connectivity index (χ4n) is 3.35. The smallest absolute Gasteiger partial charge is 0.0958 e. The van der Waals surface area contributed by atoms with Gasteiger partial charge in [0.1, 0.15) is 0 Å². The number of hydrogen-bond acceptors (Lipinski definition) is 2. The van der Waals surface area contributed by atoms with Gasteiger partial charge < -0.3 is 4.90 Å². The molecule has 0 spiro atoms. The molecule has 3 heteroatoms. The summed E-state index contributed by atoms with van der Waals surface area (Å²) in [4.78, 5) is 2.60. The van der Waals surface area contributed by atoms with E-state index in [1.165, 1.54) is 29.1 Å². The van der Waals surface area contributed by atoms with Crippen LogP contribution in [-0.2, 0) is 19.9 Å². The minimum Gasteiger partial charge on any atom is -0.302 e. The van der Waals surface area contributed by atoms with E-state index < -0.39 is 0 Å². The van der Waals surface area contributed by atoms with Crippen LogP contribution in [0.4, 0.5) is 0 Å². The van der Waals surface area contributed by atoms with Crippen molar-refractivity contribution in [2.24, 2.45) is 13.0 Å². The molecule has 0 saturated carbocycles. The van der Waals surface area contributed by atoms with Crippen molar-refractivity contribution in [1.82, 2.24) is 14.7 Å². The van der Waals surface area contributed by atoms with E-state index in [-0.39, 0.29) is 0 Å². The van der Waals surface area contributed by atoms with Crippen molar-refractivity contribution in [1.29, 1.82) is 0 Å². The molecule has 1 aliphatic heterocycles. The summed E-state index contributed by atoms with van der Waals surface area (Å²) in [5.74, 6) is 0.734. The molecule has 0 radical (unpaired) electrons. The highest BCUT2D eigenvalue weighted by molar-refractivity contribution is 5.64. The zero-order valence-electron chi connectivity index (χ0n) is 13.3. The molecule has 1 aliphatic rings. The Morgan fingerprint density at radius 2 is 1.81 bits per heavy atom. The van der Waals surface area contributed by atoms with Crippen LogP contribution in [0.3, 0.4) is 0 Å². The molecule has 21 heavy (non-hydrogen) atoms. The third kappa shape index (κ3) is 3.03. The Morgan fingerprint density at radius 1 is 1.10 bits per heavy atom. The second-order valence-corrected chi connectivity index (χ2v) is 6.46. The van der Waals surface area contributed by atoms with Crippen molar-refractivity contribution in [3.63, 3.8) is 0 Å². The van der Waals surface area contributed by atoms with Crippen LogP contribution in [0.25, 0.3) is 11.3 Å². The third-order valence-electron chi connectivity index (χ3n) is 4.29. The molecule has 0 amide bonds. The lowest BCUT2D eigenvalue weighted by atomic mass is 10.0. The molecule has 0 atom stereocenters. The first kappa shape index (κ1) is 14.3. The summed E-state index contributed by atoms with van der Waals surface area (Å²) in [5.41, 5.74) is 5.29. The first-order valence-corrected chi connectivity index (χ1v) is 7.97. The van der Waals surface area contributed by atoms with Crippen molar-refractivity contribution in [3.05, 3.63) is 41.6 Å². The molecule has 1 aromatic heterocycles. The Bertz CT molecular complexity index is 598. The average molecular weight is 283 g/mol. The molecule has 0 bridgehead atoms. The molecule has 0 saturated heterocycles. The SMILES string of the molecule is CC(C)CN1CCc2c(-c3ccccc3)nn(C)c2CC1. The summed E-state index contributed by atoms with van der Waals surface area (Å²) in [7, 11) is 2.09. The predicted octanol–water partition coefficient (Wildman–Crippen LogP) is 3.14. The molecule has 0 aliphatic carbocycles. The number of fused-ring (bicyclic) bond motifs is 1. The van der Waals surface area contributed by atoms with Crippen LogP contribution < -0.4 is 0 Å². The molecule has 2 heterocycles. The van der Waals surface area contributed by atoms with Crippen LogP contribution in [0.15, 0.2) is 30.3 Å². The van der Waals surface area contributed by atoms with Gasteiger partial charge in [-0.3, -0.25) is 4.68 Å². The quantitative estimate of drug-likeness (QED) is 0.863. The Morgan fingerprint density at radius 3 is 2.52 bits per heavy atom. The second-order valence-electron chi connectivity index (χ2n) is 6.46. The van der Waals surface area contributed by atoms with Gasteiger partial charge in [-0.05, 0) is 12.3 Å². The van der Waals surface area contributed by atoms with Crippen molar-refractivity contribution in [3.8, 4) is 11.3 Å². The summed E-state index contributed by atoms with van der Waals surface area (Å²) in [6, 6.07) is 10.6. The molecular formula is C18H25N3. The summed E-state index contributed by atoms with van der Waals surface area (Å²) in [6.45, 7) is 8.10. The number of benzene rings is 1. The lowest BCUT2D eigenvalue weighted by Gasteiger charge is -2.21. The fraction of sp³-hybridized carbons (Fsp3) is 0.500. The van der Waals surface area contributed by atoms with Gasteiger partial charge in [0, 0.05) is 49.9 Å². The third-order valence-corrected chi connectivity index (χ3v) is 4.29. The summed E-state index contributed by atoms with van der Waals surface area (Å²) < 4.78 is 2.09. The van der Waals surface area contributed by atoms with Crippen LogP contribution in [0.1, 0.15) is 25.1 Å². The molecule has 112 valence electrons. The molecular weight excluding hydrogens is 258 g/mol. The van der Waals surface area contributed by atoms with Gasteiger partial charge in [-0.25, -0.2) is 0 Å². The highest BCUT2D eigenvalue weighted by Crippen LogP contribution is 2.27. The monoisotopic (exact) mass is 283 g/mol. The van der Waals surface area contributed by atoms with E-state index in [0.717, 1.165) is 31.8 Å². The predicted molar refractivity (Wildman–Crippen MR) is 87.3 cm³/mol. The molecule has 3 rings (SSSR count). The van der Waals surface area contributed by atoms with Gasteiger partial charge in [-0.1, -0.05) is 44.2 Å². The minimum atomic E-state index is 0.734. The van der Waals surface area contributed by atoms with Crippen molar-refractivity contribution in [2.75, 3.05) is 19.6 Å². The van der Waals surface area contributed by atoms with Gasteiger partial charge in [0.05, 0.1) is 5.69 Å². The van der Waals surface area contributed by atoms with Crippen molar-refractivity contribution < 1.29 is 0 Å². The van der Waals surface area contributed by atoms with Crippen LogP contribution in [0.2, 0.25) is 0 Å². The van der Waals surface area contributed by atoms with Gasteiger partial charge in [0.25, 0.3) is 0 Å². The lowest BCUT2D eigenvalue weighted by Crippen LogP contribution is -2.30. The second kappa shape index (κ2) is 6.02. The van der Waals surface area contributed by atoms with Gasteiger partial charge >= 0.3 is 0 Å². The van der Waals surface area contributed by atoms with E-state index in [2.05, 4.69) is 60.8 Å². The zero-order chi connectivity index (χ0) is 14.8. The van der Waals surface area contributed by atoms with E-state index in [9.17, 15) is 0 Å². The largest absolute Gasteiger partial charge is 0.302 e. The first-order chi connectivity index (χ1) is 10.1. The van der Waals surface area contributed by atoms with Crippen LogP contribution in [0.5, 0.6) is 0 Å². The van der Waals surface area contributed by atoms with Gasteiger partial charge in [0.15, 0.2) is 0 Å². The Balaban J connectivity index is 1.89. The Kier molecular flexibility index (Phi) is 4.11. The topological polar surface area (TPSA) is 21.1 Å². The number of aromatic nitrogens is 2. The zero-order valence-corrected chi connectivity index (χ0v) is 13.3. The van der Waals surface area contributed by atoms with E-state index in [0.29, 0.717) is 0 Å². The van der Waals surface area contributed by atoms with Gasteiger partial charge in [-0.2, -0.15) is 5.10 Å². The molecule has 0 unspecified atom stereocenters. The average Bonchev–Trinajstić information content (AvgIpc) is 2.65. The van der Waals surface area contributed by atoms with E-state index >= 15 is 0 Å². The van der Waals surface area contributed by atoms with Crippen LogP contribution in [0, 0.1) is 5.92 Å². The number of hydrogen-bond donors (Lipinski definition) is 0. The van der Waals surface area contributed by atoms with E-state index in [4.69, 9.17) is 5.10 Å². The standard InChI is InChI=1S/C18H25N3/c1-14(2)13-21-11-9-16-17(10-12-21)20(3)19-18(16)15-7-5-4-6-8-15/h4-8,14H,9-13H2,1-3H3. The van der Waals surface area contributed by atoms with Gasteiger partial charge in [0.2, 0.25) is 0 Å². The molecule has 1 aromatic carbocycles. The maximum Gasteiger partial charge on any atom is 0.0958 e. The van der Waals surface area contributed by atoms with E-state index in [1.807, 2.05) is 0 Å². The maximum atomic E-state index is 4.79. The summed E-state index contributed by atoms with van der Waals surface area (Å²) in [5, 5.41) is 4.79. The van der Waals surface area contributed by atoms with Crippen molar-refractivity contribution >= 4 is 0 Å². The fourth-order valence-corrected chi connectivity index (χ4v) is 3.35. The highest BCUT2D eigenvalue weighted by Gasteiger charge is 2.22. The van der Waals surface area contributed by atoms with Crippen molar-refractivity contribution in [2.45, 2.75) is 26.7 Å². The number of aryl methyl sites for hydroxylation is 1. The van der Waals surface area contributed by atoms with Crippen LogP contribution >= 0.6 is 0 Å². The minimum absolute atomic E-state index is 0.734. The maximum absolute atomic E-state index is 4.79. The summed E-state index contributed by atoms with van der Waals surface area (Å²) in [6.07, 6.45) is 2.22. The number of nitrogens with zero attached hydrogens (tertiary/aromatic N) is 3. The summed E-state index contributed by atoms with van der Waals surface area (Å²) >= 11 is 0.